The third-order valence-electron chi connectivity index (χ3n) is 5.91. The quantitative estimate of drug-likeness (QED) is 0.825. The molecule has 142 valence electrons. The average molecular weight is 360 g/mol. The summed E-state index contributed by atoms with van der Waals surface area (Å²) in [6, 6.07) is 0.451. The fourth-order valence-corrected chi connectivity index (χ4v) is 3.88. The summed E-state index contributed by atoms with van der Waals surface area (Å²) >= 11 is 0. The summed E-state index contributed by atoms with van der Waals surface area (Å²) in [5.74, 6) is 1.52. The molecule has 2 aromatic rings. The van der Waals surface area contributed by atoms with Gasteiger partial charge in [0, 0.05) is 19.4 Å². The Bertz CT molecular complexity index is 760. The number of aromatic nitrogens is 5. The van der Waals surface area contributed by atoms with E-state index in [1.807, 2.05) is 13.8 Å². The minimum Gasteiger partial charge on any atom is -0.371 e. The van der Waals surface area contributed by atoms with Crippen molar-refractivity contribution in [3.05, 3.63) is 23.1 Å². The zero-order valence-corrected chi connectivity index (χ0v) is 16.1. The second-order valence-corrected chi connectivity index (χ2v) is 8.07. The SMILES string of the molecule is COC(C)(C)c1noc(C2CCc3nnn(C4CCN(C)CC4)c3C2)n1. The number of likely N-dealkylation sites (tertiary alicyclic amines) is 1. The molecule has 1 saturated heterocycles. The summed E-state index contributed by atoms with van der Waals surface area (Å²) in [6.45, 7) is 6.11. The van der Waals surface area contributed by atoms with Crippen LogP contribution in [-0.2, 0) is 23.2 Å². The predicted octanol–water partition coefficient (Wildman–Crippen LogP) is 2.08. The number of hydrogen-bond acceptors (Lipinski definition) is 7. The minimum atomic E-state index is -0.543. The molecule has 1 atom stereocenters. The van der Waals surface area contributed by atoms with Crippen LogP contribution in [0.3, 0.4) is 0 Å². The smallest absolute Gasteiger partial charge is 0.230 e. The number of rotatable bonds is 4. The van der Waals surface area contributed by atoms with E-state index in [2.05, 4.69) is 37.1 Å². The van der Waals surface area contributed by atoms with Crippen LogP contribution in [0.15, 0.2) is 4.52 Å². The van der Waals surface area contributed by atoms with Crippen LogP contribution in [0, 0.1) is 0 Å². The lowest BCUT2D eigenvalue weighted by molar-refractivity contribution is 0.00973. The first kappa shape index (κ1) is 17.6. The third kappa shape index (κ3) is 3.16. The zero-order valence-electron chi connectivity index (χ0n) is 16.1. The van der Waals surface area contributed by atoms with Crippen molar-refractivity contribution in [3.8, 4) is 0 Å². The lowest BCUT2D eigenvalue weighted by atomic mass is 9.89. The molecular weight excluding hydrogens is 332 g/mol. The van der Waals surface area contributed by atoms with Gasteiger partial charge in [0.25, 0.3) is 0 Å². The van der Waals surface area contributed by atoms with E-state index >= 15 is 0 Å². The molecule has 0 aromatic carbocycles. The summed E-state index contributed by atoms with van der Waals surface area (Å²) < 4.78 is 13.2. The number of nitrogens with zero attached hydrogens (tertiary/aromatic N) is 6. The lowest BCUT2D eigenvalue weighted by Gasteiger charge is -2.30. The van der Waals surface area contributed by atoms with Crippen molar-refractivity contribution < 1.29 is 9.26 Å². The Hall–Kier alpha value is -1.80. The van der Waals surface area contributed by atoms with E-state index in [1.165, 1.54) is 5.69 Å². The Labute approximate surface area is 153 Å². The van der Waals surface area contributed by atoms with Gasteiger partial charge in [-0.25, -0.2) is 4.68 Å². The molecular formula is C18H28N6O2. The average Bonchev–Trinajstić information content (AvgIpc) is 3.29. The van der Waals surface area contributed by atoms with Crippen LogP contribution in [0.5, 0.6) is 0 Å². The van der Waals surface area contributed by atoms with Gasteiger partial charge >= 0.3 is 0 Å². The maximum atomic E-state index is 5.59. The van der Waals surface area contributed by atoms with Crippen molar-refractivity contribution in [2.24, 2.45) is 0 Å². The first-order valence-electron chi connectivity index (χ1n) is 9.48. The van der Waals surface area contributed by atoms with Gasteiger partial charge in [0.05, 0.1) is 17.4 Å². The van der Waals surface area contributed by atoms with Gasteiger partial charge in [0.15, 0.2) is 0 Å². The van der Waals surface area contributed by atoms with E-state index in [-0.39, 0.29) is 5.92 Å². The highest BCUT2D eigenvalue weighted by Crippen LogP contribution is 2.34. The number of piperidine rings is 1. The molecule has 2 aromatic heterocycles. The number of aryl methyl sites for hydroxylation is 1. The molecule has 0 saturated carbocycles. The highest BCUT2D eigenvalue weighted by molar-refractivity contribution is 5.19. The van der Waals surface area contributed by atoms with Crippen molar-refractivity contribution in [1.82, 2.24) is 30.0 Å². The molecule has 0 spiro atoms. The first-order chi connectivity index (χ1) is 12.5. The summed E-state index contributed by atoms with van der Waals surface area (Å²) in [4.78, 5) is 7.00. The third-order valence-corrected chi connectivity index (χ3v) is 5.91. The van der Waals surface area contributed by atoms with E-state index in [1.54, 1.807) is 7.11 Å². The summed E-state index contributed by atoms with van der Waals surface area (Å²) in [5.41, 5.74) is 1.85. The number of ether oxygens (including phenoxy) is 1. The van der Waals surface area contributed by atoms with Crippen LogP contribution in [0.25, 0.3) is 0 Å². The molecule has 26 heavy (non-hydrogen) atoms. The number of methoxy groups -OCH3 is 1. The molecule has 4 rings (SSSR count). The number of hydrogen-bond donors (Lipinski definition) is 0. The van der Waals surface area contributed by atoms with Crippen LogP contribution in [-0.4, -0.2) is 57.3 Å². The Morgan fingerprint density at radius 1 is 1.19 bits per heavy atom. The molecule has 1 unspecified atom stereocenters. The molecule has 1 aliphatic heterocycles. The van der Waals surface area contributed by atoms with Gasteiger partial charge in [-0.1, -0.05) is 10.4 Å². The molecule has 8 heteroatoms. The van der Waals surface area contributed by atoms with Crippen molar-refractivity contribution in [2.75, 3.05) is 27.2 Å². The van der Waals surface area contributed by atoms with E-state index in [4.69, 9.17) is 9.26 Å². The molecule has 8 nitrogen and oxygen atoms in total. The van der Waals surface area contributed by atoms with E-state index < -0.39 is 5.60 Å². The van der Waals surface area contributed by atoms with Crippen molar-refractivity contribution in [1.29, 1.82) is 0 Å². The standard InChI is InChI=1S/C18H28N6O2/c1-18(2,25-4)17-19-16(26-21-17)12-5-6-14-15(11-12)24(22-20-14)13-7-9-23(3)10-8-13/h12-13H,5-11H2,1-4H3. The molecule has 3 heterocycles. The molecule has 1 aliphatic carbocycles. The first-order valence-corrected chi connectivity index (χ1v) is 9.48. The topological polar surface area (TPSA) is 82.1 Å². The second-order valence-electron chi connectivity index (χ2n) is 8.07. The Kier molecular flexibility index (Phi) is 4.56. The summed E-state index contributed by atoms with van der Waals surface area (Å²) in [6.07, 6.45) is 5.00. The van der Waals surface area contributed by atoms with Crippen LogP contribution in [0.1, 0.15) is 68.2 Å². The highest BCUT2D eigenvalue weighted by atomic mass is 16.5. The van der Waals surface area contributed by atoms with Crippen LogP contribution < -0.4 is 0 Å². The Morgan fingerprint density at radius 2 is 1.96 bits per heavy atom. The molecule has 1 fully saturated rings. The summed E-state index contributed by atoms with van der Waals surface area (Å²) in [5, 5.41) is 13.1. The van der Waals surface area contributed by atoms with Crippen LogP contribution >= 0.6 is 0 Å². The molecule has 0 bridgehead atoms. The lowest BCUT2D eigenvalue weighted by Crippen LogP contribution is -2.33. The number of fused-ring (bicyclic) bond motifs is 1. The van der Waals surface area contributed by atoms with Crippen LogP contribution in [0.4, 0.5) is 0 Å². The van der Waals surface area contributed by atoms with Crippen molar-refractivity contribution >= 4 is 0 Å². The zero-order chi connectivity index (χ0) is 18.3. The normalized spacial score (nSPS) is 22.5. The van der Waals surface area contributed by atoms with Gasteiger partial charge in [0.2, 0.25) is 11.7 Å². The maximum Gasteiger partial charge on any atom is 0.230 e. The molecule has 0 radical (unpaired) electrons. The van der Waals surface area contributed by atoms with Gasteiger partial charge in [-0.2, -0.15) is 4.98 Å². The fraction of sp³-hybridized carbons (Fsp3) is 0.778. The van der Waals surface area contributed by atoms with E-state index in [0.717, 1.165) is 50.9 Å². The monoisotopic (exact) mass is 360 g/mol. The van der Waals surface area contributed by atoms with Crippen molar-refractivity contribution in [2.45, 2.75) is 63.5 Å². The van der Waals surface area contributed by atoms with Crippen molar-refractivity contribution in [3.63, 3.8) is 0 Å². The maximum absolute atomic E-state index is 5.59. The second kappa shape index (κ2) is 6.74. The van der Waals surface area contributed by atoms with Gasteiger partial charge < -0.3 is 14.2 Å². The fourth-order valence-electron chi connectivity index (χ4n) is 3.88. The van der Waals surface area contributed by atoms with E-state index in [0.29, 0.717) is 17.8 Å². The van der Waals surface area contributed by atoms with Crippen LogP contribution in [0.2, 0.25) is 0 Å². The highest BCUT2D eigenvalue weighted by Gasteiger charge is 2.33. The predicted molar refractivity (Wildman–Crippen MR) is 94.9 cm³/mol. The van der Waals surface area contributed by atoms with Gasteiger partial charge in [-0.3, -0.25) is 0 Å². The molecule has 2 aliphatic rings. The Morgan fingerprint density at radius 3 is 2.69 bits per heavy atom. The van der Waals surface area contributed by atoms with Gasteiger partial charge in [-0.15, -0.1) is 5.10 Å². The largest absolute Gasteiger partial charge is 0.371 e. The van der Waals surface area contributed by atoms with E-state index in [9.17, 15) is 0 Å². The van der Waals surface area contributed by atoms with Gasteiger partial charge in [0.1, 0.15) is 5.60 Å². The minimum absolute atomic E-state index is 0.222. The molecule has 0 N–H and O–H groups in total. The molecule has 0 amide bonds. The summed E-state index contributed by atoms with van der Waals surface area (Å²) in [7, 11) is 3.84. The van der Waals surface area contributed by atoms with Gasteiger partial charge in [-0.05, 0) is 59.7 Å². The Balaban J connectivity index is 1.54.